The van der Waals surface area contributed by atoms with E-state index >= 15 is 0 Å². The first kappa shape index (κ1) is 6.80. The summed E-state index contributed by atoms with van der Waals surface area (Å²) in [7, 11) is 0. The lowest BCUT2D eigenvalue weighted by atomic mass is 9.95. The molecule has 0 aromatic heterocycles. The van der Waals surface area contributed by atoms with E-state index < -0.39 is 0 Å². The Hall–Kier alpha value is -1.89. The van der Waals surface area contributed by atoms with Gasteiger partial charge in [0.05, 0.1) is 11.8 Å². The summed E-state index contributed by atoms with van der Waals surface area (Å²) in [5, 5.41) is 12.3. The largest absolute Gasteiger partial charge is 0.272 e. The van der Waals surface area contributed by atoms with E-state index in [1.807, 2.05) is 6.07 Å². The number of hydrazone groups is 1. The third-order valence-corrected chi connectivity index (χ3v) is 1.81. The molecule has 0 aromatic rings. The zero-order valence-corrected chi connectivity index (χ0v) is 6.11. The van der Waals surface area contributed by atoms with Crippen molar-refractivity contribution in [1.82, 2.24) is 5.43 Å². The molecule has 58 valence electrons. The summed E-state index contributed by atoms with van der Waals surface area (Å²) in [5.74, 6) is -0.522. The third-order valence-electron chi connectivity index (χ3n) is 1.81. The van der Waals surface area contributed by atoms with Gasteiger partial charge >= 0.3 is 0 Å². The van der Waals surface area contributed by atoms with E-state index in [4.69, 9.17) is 5.26 Å². The van der Waals surface area contributed by atoms with Crippen LogP contribution in [-0.2, 0) is 4.79 Å². The van der Waals surface area contributed by atoms with Gasteiger partial charge in [-0.05, 0) is 18.2 Å². The number of carbonyl (C=O) groups excluding carboxylic acids is 1. The van der Waals surface area contributed by atoms with E-state index in [1.54, 1.807) is 18.2 Å². The van der Waals surface area contributed by atoms with Crippen LogP contribution in [-0.4, -0.2) is 11.6 Å². The van der Waals surface area contributed by atoms with Crippen LogP contribution in [0.5, 0.6) is 0 Å². The maximum atomic E-state index is 11.1. The molecule has 0 saturated heterocycles. The van der Waals surface area contributed by atoms with Crippen molar-refractivity contribution in [2.45, 2.75) is 0 Å². The Morgan fingerprint density at radius 2 is 2.42 bits per heavy atom. The van der Waals surface area contributed by atoms with Gasteiger partial charge in [0, 0.05) is 5.57 Å². The van der Waals surface area contributed by atoms with Gasteiger partial charge in [-0.3, -0.25) is 4.79 Å². The minimum absolute atomic E-state index is 0.165. The molecular formula is C8H5N3O. The highest BCUT2D eigenvalue weighted by Gasteiger charge is 2.28. The van der Waals surface area contributed by atoms with Crippen LogP contribution in [0, 0.1) is 17.2 Å². The number of hydrogen-bond donors (Lipinski definition) is 1. The lowest BCUT2D eigenvalue weighted by molar-refractivity contribution is -0.121. The highest BCUT2D eigenvalue weighted by Crippen LogP contribution is 2.17. The van der Waals surface area contributed by atoms with Crippen molar-refractivity contribution in [3.8, 4) is 6.07 Å². The Kier molecular flexibility index (Phi) is 1.31. The Morgan fingerprint density at radius 1 is 1.58 bits per heavy atom. The number of allylic oxidation sites excluding steroid dienone is 3. The van der Waals surface area contributed by atoms with Gasteiger partial charge in [0.1, 0.15) is 5.92 Å². The number of rotatable bonds is 0. The Bertz CT molecular complexity index is 370. The molecule has 1 aliphatic carbocycles. The SMILES string of the molecule is N#CC1=CC2C(=O)NN=C2C=C1. The predicted molar refractivity (Wildman–Crippen MR) is 41.9 cm³/mol. The molecule has 1 unspecified atom stereocenters. The molecule has 0 saturated carbocycles. The lowest BCUT2D eigenvalue weighted by Gasteiger charge is -2.05. The molecule has 1 aliphatic heterocycles. The second kappa shape index (κ2) is 2.31. The van der Waals surface area contributed by atoms with Crippen LogP contribution in [0.3, 0.4) is 0 Å². The van der Waals surface area contributed by atoms with Crippen LogP contribution < -0.4 is 5.43 Å². The van der Waals surface area contributed by atoms with Gasteiger partial charge in [0.15, 0.2) is 0 Å². The van der Waals surface area contributed by atoms with Crippen molar-refractivity contribution in [2.24, 2.45) is 11.0 Å². The fourth-order valence-electron chi connectivity index (χ4n) is 1.18. The second-order valence-electron chi connectivity index (χ2n) is 2.56. The van der Waals surface area contributed by atoms with Gasteiger partial charge < -0.3 is 0 Å². The van der Waals surface area contributed by atoms with Crippen molar-refractivity contribution >= 4 is 11.6 Å². The maximum Gasteiger partial charge on any atom is 0.253 e. The first-order valence-electron chi connectivity index (χ1n) is 3.48. The van der Waals surface area contributed by atoms with Gasteiger partial charge in [-0.15, -0.1) is 0 Å². The average Bonchev–Trinajstić information content (AvgIpc) is 2.47. The summed E-state index contributed by atoms with van der Waals surface area (Å²) in [4.78, 5) is 11.1. The minimum Gasteiger partial charge on any atom is -0.272 e. The van der Waals surface area contributed by atoms with E-state index in [9.17, 15) is 4.79 Å². The molecule has 0 aromatic carbocycles. The van der Waals surface area contributed by atoms with Crippen LogP contribution in [0.15, 0.2) is 28.9 Å². The van der Waals surface area contributed by atoms with Crippen LogP contribution in [0.1, 0.15) is 0 Å². The van der Waals surface area contributed by atoms with E-state index in [0.29, 0.717) is 11.3 Å². The van der Waals surface area contributed by atoms with Gasteiger partial charge in [0.2, 0.25) is 0 Å². The Balaban J connectivity index is 2.39. The predicted octanol–water partition coefficient (Wildman–Crippen LogP) is 0.108. The molecule has 2 aliphatic rings. The molecule has 12 heavy (non-hydrogen) atoms. The fourth-order valence-corrected chi connectivity index (χ4v) is 1.18. The second-order valence-corrected chi connectivity index (χ2v) is 2.56. The zero-order valence-electron chi connectivity index (χ0n) is 6.11. The molecule has 1 heterocycles. The molecule has 4 nitrogen and oxygen atoms in total. The Morgan fingerprint density at radius 3 is 3.17 bits per heavy atom. The van der Waals surface area contributed by atoms with Gasteiger partial charge in [-0.1, -0.05) is 0 Å². The lowest BCUT2D eigenvalue weighted by Crippen LogP contribution is -2.22. The first-order valence-corrected chi connectivity index (χ1v) is 3.48. The summed E-state index contributed by atoms with van der Waals surface area (Å²) in [5.41, 5.74) is 3.54. The standard InChI is InChI=1S/C8H5N3O/c9-4-5-1-2-7-6(3-5)8(12)11-10-7/h1-3,6H,(H,11,12). The number of nitrogens with zero attached hydrogens (tertiary/aromatic N) is 2. The summed E-state index contributed by atoms with van der Waals surface area (Å²) < 4.78 is 0. The van der Waals surface area contributed by atoms with Crippen molar-refractivity contribution in [3.05, 3.63) is 23.8 Å². The smallest absolute Gasteiger partial charge is 0.253 e. The quantitative estimate of drug-likeness (QED) is 0.545. The maximum absolute atomic E-state index is 11.1. The van der Waals surface area contributed by atoms with Crippen LogP contribution in [0.25, 0.3) is 0 Å². The first-order chi connectivity index (χ1) is 5.81. The van der Waals surface area contributed by atoms with Crippen LogP contribution in [0.4, 0.5) is 0 Å². The van der Waals surface area contributed by atoms with Crippen molar-refractivity contribution in [3.63, 3.8) is 0 Å². The number of nitriles is 1. The molecule has 0 fully saturated rings. The number of amides is 1. The highest BCUT2D eigenvalue weighted by molar-refractivity contribution is 6.15. The number of carbonyl (C=O) groups is 1. The van der Waals surface area contributed by atoms with Crippen molar-refractivity contribution < 1.29 is 4.79 Å². The zero-order chi connectivity index (χ0) is 8.55. The minimum atomic E-state index is -0.357. The molecule has 2 rings (SSSR count). The molecular weight excluding hydrogens is 154 g/mol. The van der Waals surface area contributed by atoms with Crippen LogP contribution >= 0.6 is 0 Å². The van der Waals surface area contributed by atoms with E-state index in [1.165, 1.54) is 0 Å². The van der Waals surface area contributed by atoms with Crippen molar-refractivity contribution in [2.75, 3.05) is 0 Å². The monoisotopic (exact) mass is 159 g/mol. The number of fused-ring (bicyclic) bond motifs is 1. The van der Waals surface area contributed by atoms with Gasteiger partial charge in [-0.2, -0.15) is 10.4 Å². The van der Waals surface area contributed by atoms with E-state index in [0.717, 1.165) is 0 Å². The summed E-state index contributed by atoms with van der Waals surface area (Å²) in [6.45, 7) is 0. The van der Waals surface area contributed by atoms with Crippen molar-refractivity contribution in [1.29, 1.82) is 5.26 Å². The normalized spacial score (nSPS) is 25.2. The molecule has 1 amide bonds. The molecule has 0 radical (unpaired) electrons. The topological polar surface area (TPSA) is 65.2 Å². The molecule has 1 N–H and O–H groups in total. The molecule has 1 atom stereocenters. The van der Waals surface area contributed by atoms with Gasteiger partial charge in [0.25, 0.3) is 5.91 Å². The summed E-state index contributed by atoms with van der Waals surface area (Å²) in [6, 6.07) is 1.98. The molecule has 0 spiro atoms. The fraction of sp³-hybridized carbons (Fsp3) is 0.125. The molecule has 4 heteroatoms. The molecule has 0 bridgehead atoms. The Labute approximate surface area is 68.9 Å². The highest BCUT2D eigenvalue weighted by atomic mass is 16.2. The number of hydrogen-bond acceptors (Lipinski definition) is 3. The summed E-state index contributed by atoms with van der Waals surface area (Å²) >= 11 is 0. The average molecular weight is 159 g/mol. The van der Waals surface area contributed by atoms with Gasteiger partial charge in [-0.25, -0.2) is 5.43 Å². The summed E-state index contributed by atoms with van der Waals surface area (Å²) in [6.07, 6.45) is 4.94. The third kappa shape index (κ3) is 0.839. The van der Waals surface area contributed by atoms with Crippen LogP contribution in [0.2, 0.25) is 0 Å². The van der Waals surface area contributed by atoms with E-state index in [-0.39, 0.29) is 11.8 Å². The van der Waals surface area contributed by atoms with E-state index in [2.05, 4.69) is 10.5 Å². The number of nitrogens with one attached hydrogen (secondary N) is 1.